The van der Waals surface area contributed by atoms with Gasteiger partial charge in [-0.15, -0.1) is 13.2 Å². The average Bonchev–Trinajstić information content (AvgIpc) is 3.27. The van der Waals surface area contributed by atoms with Crippen LogP contribution >= 0.6 is 0 Å². The minimum absolute atomic E-state index is 0.277. The number of pyridine rings is 1. The van der Waals surface area contributed by atoms with E-state index in [2.05, 4.69) is 25.1 Å². The van der Waals surface area contributed by atoms with E-state index in [9.17, 15) is 18.0 Å². The van der Waals surface area contributed by atoms with Crippen molar-refractivity contribution in [2.45, 2.75) is 6.36 Å². The molecule has 4 aromatic rings. The fourth-order valence-corrected chi connectivity index (χ4v) is 2.66. The van der Waals surface area contributed by atoms with E-state index in [0.29, 0.717) is 16.6 Å². The van der Waals surface area contributed by atoms with E-state index in [-0.39, 0.29) is 16.8 Å². The van der Waals surface area contributed by atoms with Crippen LogP contribution in [0, 0.1) is 0 Å². The van der Waals surface area contributed by atoms with Crippen LogP contribution in [-0.2, 0) is 0 Å². The monoisotopic (exact) mass is 361 g/mol. The predicted octanol–water partition coefficient (Wildman–Crippen LogP) is 3.00. The van der Waals surface area contributed by atoms with Crippen LogP contribution in [-0.4, -0.2) is 31.3 Å². The molecule has 26 heavy (non-hydrogen) atoms. The van der Waals surface area contributed by atoms with Crippen molar-refractivity contribution in [2.24, 2.45) is 0 Å². The summed E-state index contributed by atoms with van der Waals surface area (Å²) in [6.07, 6.45) is 1.60. The van der Waals surface area contributed by atoms with Crippen molar-refractivity contribution in [3.05, 3.63) is 59.4 Å². The summed E-state index contributed by atoms with van der Waals surface area (Å²) in [6.45, 7) is 0. The van der Waals surface area contributed by atoms with E-state index >= 15 is 0 Å². The molecule has 3 heterocycles. The molecular weight excluding hydrogens is 351 g/mol. The molecule has 0 fully saturated rings. The van der Waals surface area contributed by atoms with E-state index in [1.54, 1.807) is 18.6 Å². The summed E-state index contributed by atoms with van der Waals surface area (Å²) in [6, 6.07) is 5.02. The van der Waals surface area contributed by atoms with E-state index in [1.165, 1.54) is 22.9 Å². The van der Waals surface area contributed by atoms with Gasteiger partial charge < -0.3 is 4.74 Å². The summed E-state index contributed by atoms with van der Waals surface area (Å²) in [5.74, 6) is -0.369. The van der Waals surface area contributed by atoms with Gasteiger partial charge in [-0.05, 0) is 24.3 Å². The van der Waals surface area contributed by atoms with Crippen LogP contribution in [0.5, 0.6) is 5.75 Å². The Kier molecular flexibility index (Phi) is 3.53. The minimum atomic E-state index is -4.78. The molecule has 7 nitrogen and oxygen atoms in total. The molecule has 0 unspecified atom stereocenters. The van der Waals surface area contributed by atoms with Gasteiger partial charge in [0.15, 0.2) is 0 Å². The van der Waals surface area contributed by atoms with Gasteiger partial charge in [-0.25, -0.2) is 0 Å². The molecule has 0 aliphatic heterocycles. The van der Waals surface area contributed by atoms with Gasteiger partial charge in [-0.3, -0.25) is 19.6 Å². The Morgan fingerprint density at radius 2 is 1.85 bits per heavy atom. The molecule has 1 aromatic carbocycles. The maximum atomic E-state index is 12.7. The first-order valence-corrected chi connectivity index (χ1v) is 7.36. The standard InChI is InChI=1S/C16H10F3N5O2/c17-16(18,19)26-11-3-1-10(2-4-11)24-8-13(9-5-20-21-6-9)12-7-22-23-14(12)15(24)25/h1-8H,(H,20,21)(H,22,23). The van der Waals surface area contributed by atoms with Crippen LogP contribution in [0.4, 0.5) is 13.2 Å². The normalized spacial score (nSPS) is 11.8. The Bertz CT molecular complexity index is 1110. The highest BCUT2D eigenvalue weighted by Crippen LogP contribution is 2.27. The van der Waals surface area contributed by atoms with Gasteiger partial charge in [0.2, 0.25) is 0 Å². The quantitative estimate of drug-likeness (QED) is 0.587. The number of hydrogen-bond acceptors (Lipinski definition) is 4. The zero-order valence-electron chi connectivity index (χ0n) is 12.9. The molecule has 10 heteroatoms. The number of nitrogens with one attached hydrogen (secondary N) is 2. The first-order valence-electron chi connectivity index (χ1n) is 7.36. The number of ether oxygens (including phenoxy) is 1. The number of halogens is 3. The molecule has 0 spiro atoms. The third-order valence-corrected chi connectivity index (χ3v) is 3.78. The van der Waals surface area contributed by atoms with Crippen molar-refractivity contribution >= 4 is 10.9 Å². The Morgan fingerprint density at radius 3 is 2.50 bits per heavy atom. The number of aromatic nitrogens is 5. The largest absolute Gasteiger partial charge is 0.573 e. The number of fused-ring (bicyclic) bond motifs is 1. The second-order valence-corrected chi connectivity index (χ2v) is 5.41. The first kappa shape index (κ1) is 15.9. The van der Waals surface area contributed by atoms with Gasteiger partial charge in [-0.2, -0.15) is 10.2 Å². The van der Waals surface area contributed by atoms with Gasteiger partial charge in [0.1, 0.15) is 11.3 Å². The molecule has 0 aliphatic rings. The fourth-order valence-electron chi connectivity index (χ4n) is 2.66. The third kappa shape index (κ3) is 2.81. The number of rotatable bonds is 3. The van der Waals surface area contributed by atoms with Crippen LogP contribution < -0.4 is 10.3 Å². The molecule has 132 valence electrons. The van der Waals surface area contributed by atoms with E-state index in [4.69, 9.17) is 0 Å². The second kappa shape index (κ2) is 5.76. The number of hydrogen-bond donors (Lipinski definition) is 2. The summed E-state index contributed by atoms with van der Waals surface area (Å²) < 4.78 is 42.0. The van der Waals surface area contributed by atoms with E-state index < -0.39 is 6.36 Å². The smallest absolute Gasteiger partial charge is 0.406 e. The van der Waals surface area contributed by atoms with Crippen LogP contribution in [0.25, 0.3) is 27.7 Å². The number of nitrogens with zero attached hydrogens (tertiary/aromatic N) is 3. The average molecular weight is 361 g/mol. The van der Waals surface area contributed by atoms with Crippen molar-refractivity contribution in [2.75, 3.05) is 0 Å². The van der Waals surface area contributed by atoms with Crippen LogP contribution in [0.1, 0.15) is 0 Å². The zero-order valence-corrected chi connectivity index (χ0v) is 12.9. The molecule has 0 atom stereocenters. The van der Waals surface area contributed by atoms with Gasteiger partial charge in [0, 0.05) is 34.6 Å². The van der Waals surface area contributed by atoms with Crippen molar-refractivity contribution < 1.29 is 17.9 Å². The minimum Gasteiger partial charge on any atom is -0.406 e. The van der Waals surface area contributed by atoms with E-state index in [1.807, 2.05) is 0 Å². The number of aromatic amines is 2. The lowest BCUT2D eigenvalue weighted by molar-refractivity contribution is -0.274. The van der Waals surface area contributed by atoms with Crippen LogP contribution in [0.3, 0.4) is 0 Å². The van der Waals surface area contributed by atoms with Crippen LogP contribution in [0.15, 0.2) is 53.8 Å². The Labute approximate surface area is 143 Å². The van der Waals surface area contributed by atoms with Crippen LogP contribution in [0.2, 0.25) is 0 Å². The molecule has 0 bridgehead atoms. The number of alkyl halides is 3. The molecule has 0 radical (unpaired) electrons. The van der Waals surface area contributed by atoms with Gasteiger partial charge in [-0.1, -0.05) is 0 Å². The Balaban J connectivity index is 1.84. The van der Waals surface area contributed by atoms with Gasteiger partial charge >= 0.3 is 6.36 Å². The van der Waals surface area contributed by atoms with Crippen molar-refractivity contribution in [1.82, 2.24) is 25.0 Å². The molecule has 0 aliphatic carbocycles. The van der Waals surface area contributed by atoms with Crippen molar-refractivity contribution in [1.29, 1.82) is 0 Å². The first-order chi connectivity index (χ1) is 12.4. The summed E-state index contributed by atoms with van der Waals surface area (Å²) in [4.78, 5) is 12.7. The maximum absolute atomic E-state index is 12.7. The molecule has 0 saturated heterocycles. The van der Waals surface area contributed by atoms with E-state index in [0.717, 1.165) is 17.7 Å². The summed E-state index contributed by atoms with van der Waals surface area (Å²) in [5, 5.41) is 13.8. The fraction of sp³-hybridized carbons (Fsp3) is 0.0625. The Morgan fingerprint density at radius 1 is 1.08 bits per heavy atom. The van der Waals surface area contributed by atoms with Gasteiger partial charge in [0.05, 0.1) is 12.4 Å². The third-order valence-electron chi connectivity index (χ3n) is 3.78. The summed E-state index contributed by atoms with van der Waals surface area (Å²) in [7, 11) is 0. The second-order valence-electron chi connectivity index (χ2n) is 5.41. The number of benzene rings is 1. The Hall–Kier alpha value is -3.56. The number of H-pyrrole nitrogens is 2. The SMILES string of the molecule is O=c1c2[nH]ncc2c(-c2cn[nH]c2)cn1-c1ccc(OC(F)(F)F)cc1. The molecule has 4 rings (SSSR count). The van der Waals surface area contributed by atoms with Gasteiger partial charge in [0.25, 0.3) is 5.56 Å². The predicted molar refractivity (Wildman–Crippen MR) is 86.0 cm³/mol. The molecule has 0 amide bonds. The summed E-state index contributed by atoms with van der Waals surface area (Å²) in [5.41, 5.74) is 1.71. The maximum Gasteiger partial charge on any atom is 0.573 e. The summed E-state index contributed by atoms with van der Waals surface area (Å²) >= 11 is 0. The highest BCUT2D eigenvalue weighted by Gasteiger charge is 2.31. The zero-order chi connectivity index (χ0) is 18.3. The lowest BCUT2D eigenvalue weighted by Gasteiger charge is -2.11. The molecule has 0 saturated carbocycles. The topological polar surface area (TPSA) is 88.6 Å². The molecule has 2 N–H and O–H groups in total. The highest BCUT2D eigenvalue weighted by atomic mass is 19.4. The van der Waals surface area contributed by atoms with Crippen molar-refractivity contribution in [3.63, 3.8) is 0 Å². The molecule has 3 aromatic heterocycles. The molecular formula is C16H10F3N5O2. The lowest BCUT2D eigenvalue weighted by Crippen LogP contribution is -2.19. The lowest BCUT2D eigenvalue weighted by atomic mass is 10.1. The van der Waals surface area contributed by atoms with Crippen molar-refractivity contribution in [3.8, 4) is 22.6 Å². The highest BCUT2D eigenvalue weighted by molar-refractivity contribution is 5.93.